The van der Waals surface area contributed by atoms with E-state index in [1.165, 1.54) is 10.9 Å². The van der Waals surface area contributed by atoms with E-state index in [0.29, 0.717) is 36.9 Å². The molecule has 4 aromatic rings. The lowest BCUT2D eigenvalue weighted by Crippen LogP contribution is -2.40. The Bertz CT molecular complexity index is 1620. The summed E-state index contributed by atoms with van der Waals surface area (Å²) < 4.78 is 51.4. The number of nitrogens with one attached hydrogen (secondary N) is 1. The van der Waals surface area contributed by atoms with Gasteiger partial charge in [-0.25, -0.2) is 9.78 Å². The van der Waals surface area contributed by atoms with E-state index in [1.807, 2.05) is 72.6 Å². The molecule has 0 amide bonds. The number of hydrogen-bond donors (Lipinski definition) is 3. The number of aliphatic hydroxyl groups excluding tert-OH is 2. The van der Waals surface area contributed by atoms with E-state index in [1.54, 1.807) is 0 Å². The van der Waals surface area contributed by atoms with Crippen molar-refractivity contribution >= 4 is 28.9 Å². The second-order valence-electron chi connectivity index (χ2n) is 11.7. The van der Waals surface area contributed by atoms with Crippen molar-refractivity contribution in [3.05, 3.63) is 78.1 Å². The first-order chi connectivity index (χ1) is 22.6. The molecule has 12 nitrogen and oxygen atoms in total. The van der Waals surface area contributed by atoms with Crippen LogP contribution in [0.2, 0.25) is 0 Å². The van der Waals surface area contributed by atoms with Gasteiger partial charge in [-0.05, 0) is 31.1 Å². The highest BCUT2D eigenvalue weighted by Gasteiger charge is 2.51. The molecule has 2 aromatic heterocycles. The highest BCUT2D eigenvalue weighted by atomic mass is 19.4. The van der Waals surface area contributed by atoms with Crippen molar-refractivity contribution in [3.63, 3.8) is 0 Å². The van der Waals surface area contributed by atoms with Crippen LogP contribution in [0.25, 0.3) is 11.2 Å². The van der Waals surface area contributed by atoms with Gasteiger partial charge in [0.05, 0.1) is 12.9 Å². The Hall–Kier alpha value is -4.31. The summed E-state index contributed by atoms with van der Waals surface area (Å²) in [6.07, 6.45) is -9.49. The summed E-state index contributed by atoms with van der Waals surface area (Å²) in [6.45, 7) is 2.64. The van der Waals surface area contributed by atoms with Gasteiger partial charge in [-0.15, -0.1) is 0 Å². The van der Waals surface area contributed by atoms with Crippen molar-refractivity contribution in [2.75, 3.05) is 56.6 Å². The lowest BCUT2D eigenvalue weighted by atomic mass is 9.91. The average Bonchev–Trinajstić information content (AvgIpc) is 3.54. The largest absolute Gasteiger partial charge is 0.490 e. The van der Waals surface area contributed by atoms with Crippen molar-refractivity contribution in [3.8, 4) is 0 Å². The molecule has 0 unspecified atom stereocenters. The van der Waals surface area contributed by atoms with Gasteiger partial charge in [-0.3, -0.25) is 4.57 Å². The molecule has 2 fully saturated rings. The van der Waals surface area contributed by atoms with E-state index in [2.05, 4.69) is 15.2 Å². The summed E-state index contributed by atoms with van der Waals surface area (Å²) in [6, 6.07) is 20.0. The number of carbonyl (C=O) groups excluding carboxylic acids is 1. The van der Waals surface area contributed by atoms with Crippen LogP contribution in [-0.2, 0) is 14.3 Å². The Kier molecular flexibility index (Phi) is 9.59. The lowest BCUT2D eigenvalue weighted by Gasteiger charge is -2.24. The van der Waals surface area contributed by atoms with Gasteiger partial charge in [0.25, 0.3) is 0 Å². The number of rotatable bonds is 9. The number of anilines is 2. The fourth-order valence-corrected chi connectivity index (χ4v) is 6.01. The summed E-state index contributed by atoms with van der Waals surface area (Å²) in [5.41, 5.74) is 2.65. The second kappa shape index (κ2) is 13.8. The van der Waals surface area contributed by atoms with Gasteiger partial charge in [0.1, 0.15) is 12.2 Å². The third kappa shape index (κ3) is 7.02. The maximum Gasteiger partial charge on any atom is 0.490 e. The van der Waals surface area contributed by atoms with Crippen molar-refractivity contribution in [1.29, 1.82) is 0 Å². The number of alkyl halides is 3. The first kappa shape index (κ1) is 32.6. The smallest absolute Gasteiger partial charge is 0.448 e. The van der Waals surface area contributed by atoms with Crippen LogP contribution < -0.4 is 10.2 Å². The Morgan fingerprint density at radius 3 is 2.36 bits per heavy atom. The van der Waals surface area contributed by atoms with Crippen LogP contribution in [0.15, 0.2) is 67.0 Å². The van der Waals surface area contributed by atoms with E-state index >= 15 is 0 Å². The molecule has 4 heterocycles. The van der Waals surface area contributed by atoms with Crippen LogP contribution in [0.1, 0.15) is 29.7 Å². The number of carbonyl (C=O) groups is 1. The summed E-state index contributed by atoms with van der Waals surface area (Å²) in [4.78, 5) is 30.2. The molecule has 3 N–H and O–H groups in total. The molecule has 47 heavy (non-hydrogen) atoms. The fourth-order valence-electron chi connectivity index (χ4n) is 6.01. The Balaban J connectivity index is 1.40. The van der Waals surface area contributed by atoms with Crippen LogP contribution in [0, 0.1) is 0 Å². The maximum absolute atomic E-state index is 13.2. The highest BCUT2D eigenvalue weighted by Crippen LogP contribution is 2.36. The minimum atomic E-state index is -5.31. The van der Waals surface area contributed by atoms with Crippen LogP contribution in [0.3, 0.4) is 0 Å². The quantitative estimate of drug-likeness (QED) is 0.230. The number of aliphatic hydroxyl groups is 2. The van der Waals surface area contributed by atoms with Gasteiger partial charge in [-0.2, -0.15) is 23.1 Å². The highest BCUT2D eigenvalue weighted by molar-refractivity contribution is 5.84. The number of hydrogen-bond acceptors (Lipinski definition) is 11. The molecule has 15 heteroatoms. The van der Waals surface area contributed by atoms with Crippen molar-refractivity contribution in [2.24, 2.45) is 0 Å². The predicted octanol–water partition coefficient (Wildman–Crippen LogP) is 2.94. The monoisotopic (exact) mass is 655 g/mol. The normalized spacial score (nSPS) is 22.5. The standard InChI is InChI=1S/C32H36F3N7O5/c1-40-13-8-14-41(16-15-40)31-38-27(36-17-22(20-9-4-2-5-10-20)21-11-6-3-7-12-21)24-28(39-31)42(19-37-24)29-26(25(44)23(18-43)46-29)47-30(45)32(33,34)35/h2-7,9-12,19,22-23,25-26,29,43-44H,8,13-18H2,1H3,(H,36,38,39)/t23-,25-,26-,29-/m1/s1. The van der Waals surface area contributed by atoms with Crippen molar-refractivity contribution in [1.82, 2.24) is 24.4 Å². The number of imidazole rings is 1. The zero-order chi connectivity index (χ0) is 33.1. The lowest BCUT2D eigenvalue weighted by molar-refractivity contribution is -0.211. The van der Waals surface area contributed by atoms with E-state index in [-0.39, 0.29) is 11.6 Å². The van der Waals surface area contributed by atoms with Gasteiger partial charge in [0, 0.05) is 32.1 Å². The zero-order valence-corrected chi connectivity index (χ0v) is 25.6. The average molecular weight is 656 g/mol. The van der Waals surface area contributed by atoms with Gasteiger partial charge >= 0.3 is 12.1 Å². The van der Waals surface area contributed by atoms with E-state index < -0.39 is 43.3 Å². The number of likely N-dealkylation sites (N-methyl/N-ethyl adjacent to an activating group) is 1. The van der Waals surface area contributed by atoms with Crippen LogP contribution in [-0.4, -0.2) is 111 Å². The summed E-state index contributed by atoms with van der Waals surface area (Å²) >= 11 is 0. The molecule has 250 valence electrons. The first-order valence-corrected chi connectivity index (χ1v) is 15.4. The van der Waals surface area contributed by atoms with Crippen LogP contribution >= 0.6 is 0 Å². The molecule has 0 spiro atoms. The van der Waals surface area contributed by atoms with E-state index in [0.717, 1.165) is 30.6 Å². The third-order valence-corrected chi connectivity index (χ3v) is 8.53. The number of benzene rings is 2. The molecule has 0 bridgehead atoms. The number of esters is 1. The summed E-state index contributed by atoms with van der Waals surface area (Å²) in [5.74, 6) is -1.80. The maximum atomic E-state index is 13.2. The molecular weight excluding hydrogens is 619 g/mol. The van der Waals surface area contributed by atoms with E-state index in [4.69, 9.17) is 19.4 Å². The second-order valence-corrected chi connectivity index (χ2v) is 11.7. The molecule has 0 radical (unpaired) electrons. The molecule has 0 aliphatic carbocycles. The molecule has 2 aromatic carbocycles. The Morgan fingerprint density at radius 2 is 1.72 bits per heavy atom. The minimum absolute atomic E-state index is 0.0652. The minimum Gasteiger partial charge on any atom is -0.448 e. The van der Waals surface area contributed by atoms with Gasteiger partial charge in [0.2, 0.25) is 5.95 Å². The summed E-state index contributed by atoms with van der Waals surface area (Å²) in [7, 11) is 2.03. The Morgan fingerprint density at radius 1 is 1.04 bits per heavy atom. The van der Waals surface area contributed by atoms with Gasteiger partial charge < -0.3 is 34.8 Å². The molecule has 6 rings (SSSR count). The van der Waals surface area contributed by atoms with Crippen LogP contribution in [0.5, 0.6) is 0 Å². The molecule has 0 saturated carbocycles. The SMILES string of the molecule is CN1CCCN(c2nc(NCC(c3ccccc3)c3ccccc3)c3ncn([C@@H]4O[C@H](CO)[C@@H](O)[C@H]4OC(=O)C(F)(F)F)c3n2)CC1. The van der Waals surface area contributed by atoms with Gasteiger partial charge in [-0.1, -0.05) is 60.7 Å². The Labute approximate surface area is 268 Å². The van der Waals surface area contributed by atoms with Crippen molar-refractivity contribution < 1.29 is 37.7 Å². The predicted molar refractivity (Wildman–Crippen MR) is 166 cm³/mol. The zero-order valence-electron chi connectivity index (χ0n) is 25.6. The first-order valence-electron chi connectivity index (χ1n) is 15.4. The van der Waals surface area contributed by atoms with Gasteiger partial charge in [0.15, 0.2) is 29.3 Å². The number of nitrogens with zero attached hydrogens (tertiary/aromatic N) is 6. The summed E-state index contributed by atoms with van der Waals surface area (Å²) in [5, 5.41) is 23.9. The molecular formula is C32H36F3N7O5. The molecule has 2 aliphatic rings. The topological polar surface area (TPSA) is 138 Å². The van der Waals surface area contributed by atoms with Crippen molar-refractivity contribution in [2.45, 2.75) is 43.1 Å². The number of halogens is 3. The number of aromatic nitrogens is 4. The third-order valence-electron chi connectivity index (χ3n) is 8.53. The van der Waals surface area contributed by atoms with Crippen LogP contribution in [0.4, 0.5) is 24.9 Å². The molecule has 2 aliphatic heterocycles. The number of fused-ring (bicyclic) bond motifs is 1. The van der Waals surface area contributed by atoms with E-state index in [9.17, 15) is 28.2 Å². The molecule has 2 saturated heterocycles. The fraction of sp³-hybridized carbons (Fsp3) is 0.438. The molecule has 4 atom stereocenters. The number of ether oxygens (including phenoxy) is 2.